The van der Waals surface area contributed by atoms with Crippen LogP contribution in [0, 0.1) is 0 Å². The molecule has 1 aliphatic carbocycles. The highest BCUT2D eigenvalue weighted by atomic mass is 31.2. The van der Waals surface area contributed by atoms with Gasteiger partial charge in [-0.05, 0) is 32.9 Å². The molecule has 2 aromatic rings. The number of ether oxygens (including phenoxy) is 2. The molecular formula is C23H30N5O8P. The van der Waals surface area contributed by atoms with Crippen LogP contribution < -0.4 is 14.9 Å². The molecule has 2 fully saturated rings. The Morgan fingerprint density at radius 1 is 1.32 bits per heavy atom. The molecule has 200 valence electrons. The van der Waals surface area contributed by atoms with Crippen molar-refractivity contribution in [3.63, 3.8) is 0 Å². The molecule has 13 nitrogen and oxygen atoms in total. The summed E-state index contributed by atoms with van der Waals surface area (Å²) in [6, 6.07) is 7.35. The van der Waals surface area contributed by atoms with E-state index in [0.717, 1.165) is 0 Å². The van der Waals surface area contributed by atoms with Gasteiger partial charge in [-0.15, -0.1) is 0 Å². The summed E-state index contributed by atoms with van der Waals surface area (Å²) in [4.78, 5) is 20.9. The van der Waals surface area contributed by atoms with Gasteiger partial charge >= 0.3 is 13.7 Å². The van der Waals surface area contributed by atoms with Crippen molar-refractivity contribution < 1.29 is 38.1 Å². The van der Waals surface area contributed by atoms with Gasteiger partial charge in [0.15, 0.2) is 5.82 Å². The molecule has 0 spiro atoms. The second-order valence-electron chi connectivity index (χ2n) is 9.51. The van der Waals surface area contributed by atoms with Gasteiger partial charge in [0.25, 0.3) is 0 Å². The number of carbonyl (C=O) groups is 1. The maximum Gasteiger partial charge on any atom is 0.459 e. The molecule has 3 heterocycles. The first-order valence-electron chi connectivity index (χ1n) is 12.0. The standard InChI is InChI=1S/C23H30N5O8P/c1-13(2)33-22(30)14(3)27-37(32,35-15-7-5-4-6-8-15)36-20-19-23(20,31)9-17(34-19)28-12-26-18-16(29)10-24-11-25-21(18)28/h4-8,11-14,16-17,19-20,29,31H,9-10H2,1-3H3,(H,24,25)(H,27,32)/t14-,16-,17-,19-,20?,23+,37?/m1/s1. The van der Waals surface area contributed by atoms with Crippen molar-refractivity contribution >= 4 is 25.9 Å². The van der Waals surface area contributed by atoms with Crippen molar-refractivity contribution in [1.82, 2.24) is 20.0 Å². The Morgan fingerprint density at radius 3 is 2.76 bits per heavy atom. The highest BCUT2D eigenvalue weighted by Gasteiger charge is 2.74. The smallest absolute Gasteiger partial charge is 0.459 e. The zero-order valence-electron chi connectivity index (χ0n) is 20.6. The molecule has 2 aliphatic heterocycles. The Balaban J connectivity index is 1.30. The topological polar surface area (TPSA) is 166 Å². The number of aliphatic hydroxyl groups is 2. The van der Waals surface area contributed by atoms with Gasteiger partial charge in [-0.25, -0.2) is 14.5 Å². The van der Waals surface area contributed by atoms with Crippen molar-refractivity contribution in [2.24, 2.45) is 4.99 Å². The number of hydrogen-bond acceptors (Lipinski definition) is 11. The molecule has 0 bridgehead atoms. The first-order chi connectivity index (χ1) is 17.6. The quantitative estimate of drug-likeness (QED) is 0.273. The number of esters is 1. The number of para-hydroxylation sites is 1. The zero-order chi connectivity index (χ0) is 26.4. The van der Waals surface area contributed by atoms with Gasteiger partial charge in [0.05, 0.1) is 18.8 Å². The zero-order valence-corrected chi connectivity index (χ0v) is 21.4. The summed E-state index contributed by atoms with van der Waals surface area (Å²) in [6.07, 6.45) is -0.546. The van der Waals surface area contributed by atoms with E-state index in [1.165, 1.54) is 19.6 Å². The Labute approximate surface area is 213 Å². The summed E-state index contributed by atoms with van der Waals surface area (Å²) in [5.74, 6) is 0.0483. The van der Waals surface area contributed by atoms with Gasteiger partial charge in [0, 0.05) is 13.0 Å². The summed E-state index contributed by atoms with van der Waals surface area (Å²) >= 11 is 0. The number of nitrogens with zero attached hydrogens (tertiary/aromatic N) is 3. The summed E-state index contributed by atoms with van der Waals surface area (Å²) in [5, 5.41) is 27.0. The minimum absolute atomic E-state index is 0.0977. The highest BCUT2D eigenvalue weighted by molar-refractivity contribution is 7.52. The van der Waals surface area contributed by atoms with Crippen LogP contribution in [0.4, 0.5) is 5.82 Å². The summed E-state index contributed by atoms with van der Waals surface area (Å²) in [6.45, 7) is 5.17. The lowest BCUT2D eigenvalue weighted by atomic mass is 10.2. The molecule has 3 aliphatic rings. The lowest BCUT2D eigenvalue weighted by molar-refractivity contribution is -0.149. The molecule has 5 rings (SSSR count). The second-order valence-corrected chi connectivity index (χ2v) is 11.2. The van der Waals surface area contributed by atoms with Gasteiger partial charge in [0.1, 0.15) is 47.6 Å². The van der Waals surface area contributed by atoms with Gasteiger partial charge in [-0.2, -0.15) is 5.09 Å². The molecule has 0 radical (unpaired) electrons. The Hall–Kier alpha value is -2.80. The Bertz CT molecular complexity index is 1220. The largest absolute Gasteiger partial charge is 0.462 e. The normalized spacial score (nSPS) is 30.4. The third-order valence-corrected chi connectivity index (χ3v) is 7.90. The van der Waals surface area contributed by atoms with Crippen LogP contribution in [0.1, 0.15) is 45.2 Å². The number of carbonyl (C=O) groups excluding carboxylic acids is 1. The minimum atomic E-state index is -4.17. The molecule has 1 saturated heterocycles. The highest BCUT2D eigenvalue weighted by Crippen LogP contribution is 2.61. The number of rotatable bonds is 9. The van der Waals surface area contributed by atoms with Crippen LogP contribution in [-0.4, -0.2) is 68.6 Å². The molecule has 4 N–H and O–H groups in total. The summed E-state index contributed by atoms with van der Waals surface area (Å²) in [5.41, 5.74) is -1.05. The minimum Gasteiger partial charge on any atom is -0.462 e. The van der Waals surface area contributed by atoms with Crippen molar-refractivity contribution in [2.45, 2.75) is 69.5 Å². The number of aromatic nitrogens is 2. The van der Waals surface area contributed by atoms with Crippen molar-refractivity contribution in [3.8, 4) is 5.75 Å². The second kappa shape index (κ2) is 9.82. The maximum atomic E-state index is 13.8. The van der Waals surface area contributed by atoms with Crippen LogP contribution in [0.15, 0.2) is 41.7 Å². The van der Waals surface area contributed by atoms with Crippen LogP contribution in [0.5, 0.6) is 5.75 Å². The third kappa shape index (κ3) is 5.15. The number of fused-ring (bicyclic) bond motifs is 2. The molecule has 14 heteroatoms. The van der Waals surface area contributed by atoms with E-state index >= 15 is 0 Å². The van der Waals surface area contributed by atoms with E-state index in [1.54, 1.807) is 48.7 Å². The fourth-order valence-electron chi connectivity index (χ4n) is 4.38. The molecule has 7 atom stereocenters. The van der Waals surface area contributed by atoms with Crippen LogP contribution in [-0.2, 0) is 23.4 Å². The van der Waals surface area contributed by atoms with Gasteiger partial charge in [0.2, 0.25) is 0 Å². The average molecular weight is 535 g/mol. The molecule has 1 aromatic heterocycles. The maximum absolute atomic E-state index is 13.8. The van der Waals surface area contributed by atoms with Gasteiger partial charge < -0.3 is 29.5 Å². The molecular weight excluding hydrogens is 505 g/mol. The monoisotopic (exact) mass is 535 g/mol. The lowest BCUT2D eigenvalue weighted by Crippen LogP contribution is -2.37. The number of aliphatic hydroxyl groups excluding tert-OH is 1. The Kier molecular flexibility index (Phi) is 6.86. The van der Waals surface area contributed by atoms with Crippen LogP contribution >= 0.6 is 7.75 Å². The van der Waals surface area contributed by atoms with Gasteiger partial charge in [-0.3, -0.25) is 13.9 Å². The molecule has 0 amide bonds. The fraction of sp³-hybridized carbons (Fsp3) is 0.522. The number of imidazole rings is 1. The number of β-amino-alcohol motifs (C(OH)–C–C–N with tert-alkyl or cyclic N) is 1. The summed E-state index contributed by atoms with van der Waals surface area (Å²) in [7, 11) is -4.17. The number of nitrogens with one attached hydrogen (secondary N) is 2. The first-order valence-corrected chi connectivity index (χ1v) is 13.5. The molecule has 1 saturated carbocycles. The SMILES string of the molecule is CC(C)OC(=O)[C@@H](C)NP(=O)(Oc1ccccc1)OC1[C@H]2O[C@@H](n3cnc4c3N=CNC[C@H]4O)C[C@@]12O. The van der Waals surface area contributed by atoms with Crippen molar-refractivity contribution in [1.29, 1.82) is 0 Å². The van der Waals surface area contributed by atoms with E-state index in [1.807, 2.05) is 0 Å². The van der Waals surface area contributed by atoms with Crippen LogP contribution in [0.2, 0.25) is 0 Å². The third-order valence-electron chi connectivity index (χ3n) is 6.24. The van der Waals surface area contributed by atoms with Crippen LogP contribution in [0.25, 0.3) is 0 Å². The Morgan fingerprint density at radius 2 is 2.08 bits per heavy atom. The predicted molar refractivity (Wildman–Crippen MR) is 130 cm³/mol. The van der Waals surface area contributed by atoms with Crippen molar-refractivity contribution in [2.75, 3.05) is 6.54 Å². The van der Waals surface area contributed by atoms with Crippen LogP contribution in [0.3, 0.4) is 0 Å². The molecule has 2 unspecified atom stereocenters. The van der Waals surface area contributed by atoms with E-state index in [2.05, 4.69) is 20.4 Å². The van der Waals surface area contributed by atoms with E-state index < -0.39 is 49.9 Å². The van der Waals surface area contributed by atoms with Crippen molar-refractivity contribution in [3.05, 3.63) is 42.4 Å². The predicted octanol–water partition coefficient (Wildman–Crippen LogP) is 1.71. The number of benzene rings is 1. The van der Waals surface area contributed by atoms with Gasteiger partial charge in [-0.1, -0.05) is 18.2 Å². The lowest BCUT2D eigenvalue weighted by Gasteiger charge is -2.25. The number of aliphatic imine (C=N–C) groups is 1. The van der Waals surface area contributed by atoms with E-state index in [9.17, 15) is 19.6 Å². The average Bonchev–Trinajstić information content (AvgIpc) is 3.12. The fourth-order valence-corrected chi connectivity index (χ4v) is 6.10. The molecule has 37 heavy (non-hydrogen) atoms. The molecule has 1 aromatic carbocycles. The van der Waals surface area contributed by atoms with E-state index in [0.29, 0.717) is 11.5 Å². The van der Waals surface area contributed by atoms with E-state index in [4.69, 9.17) is 18.5 Å². The summed E-state index contributed by atoms with van der Waals surface area (Å²) < 4.78 is 38.1. The first kappa shape index (κ1) is 25.8. The number of hydrogen-bond donors (Lipinski definition) is 4. The van der Waals surface area contributed by atoms with E-state index in [-0.39, 0.29) is 24.8 Å².